The van der Waals surface area contributed by atoms with Crippen molar-refractivity contribution < 1.29 is 17.9 Å². The Balaban J connectivity index is 2.62. The Labute approximate surface area is 95.2 Å². The summed E-state index contributed by atoms with van der Waals surface area (Å²) in [7, 11) is -2.05. The number of primary sulfonamides is 1. The highest BCUT2D eigenvalue weighted by molar-refractivity contribution is 7.89. The van der Waals surface area contributed by atoms with Crippen LogP contribution in [0.3, 0.4) is 0 Å². The molecule has 0 heterocycles. The molecule has 1 rings (SSSR count). The van der Waals surface area contributed by atoms with Crippen LogP contribution in [-0.2, 0) is 26.1 Å². The van der Waals surface area contributed by atoms with E-state index in [-0.39, 0.29) is 4.90 Å². The third-order valence-electron chi connectivity index (χ3n) is 1.93. The molecule has 1 aromatic carbocycles. The monoisotopic (exact) mass is 245 g/mol. The molecule has 0 radical (unpaired) electrons. The molecule has 6 heteroatoms. The van der Waals surface area contributed by atoms with Crippen molar-refractivity contribution in [2.45, 2.75) is 11.5 Å². The third-order valence-corrected chi connectivity index (χ3v) is 2.84. The van der Waals surface area contributed by atoms with E-state index in [0.717, 1.165) is 5.56 Å². The number of sulfonamides is 1. The van der Waals surface area contributed by atoms with E-state index in [1.165, 1.54) is 12.1 Å². The molecule has 0 atom stereocenters. The maximum Gasteiger partial charge on any atom is 0.238 e. The summed E-state index contributed by atoms with van der Waals surface area (Å²) in [6, 6.07) is 6.37. The molecule has 2 N–H and O–H groups in total. The van der Waals surface area contributed by atoms with Crippen LogP contribution >= 0.6 is 0 Å². The minimum absolute atomic E-state index is 0.0975. The molecule has 0 spiro atoms. The number of benzene rings is 1. The van der Waals surface area contributed by atoms with Crippen molar-refractivity contribution in [1.29, 1.82) is 0 Å². The molecular formula is C10H15NO4S. The number of methoxy groups -OCH3 is 1. The summed E-state index contributed by atoms with van der Waals surface area (Å²) >= 11 is 0. The number of hydrogen-bond acceptors (Lipinski definition) is 4. The fourth-order valence-electron chi connectivity index (χ4n) is 1.14. The average molecular weight is 245 g/mol. The zero-order chi connectivity index (χ0) is 12.0. The van der Waals surface area contributed by atoms with Crippen molar-refractivity contribution in [2.75, 3.05) is 20.3 Å². The van der Waals surface area contributed by atoms with Crippen molar-refractivity contribution in [3.63, 3.8) is 0 Å². The predicted molar refractivity (Wildman–Crippen MR) is 59.3 cm³/mol. The van der Waals surface area contributed by atoms with Gasteiger partial charge in [-0.3, -0.25) is 0 Å². The lowest BCUT2D eigenvalue weighted by atomic mass is 10.2. The Hall–Kier alpha value is -0.950. The molecule has 5 nitrogen and oxygen atoms in total. The second kappa shape index (κ2) is 5.95. The first-order valence-corrected chi connectivity index (χ1v) is 6.27. The van der Waals surface area contributed by atoms with Gasteiger partial charge >= 0.3 is 0 Å². The summed E-state index contributed by atoms with van der Waals surface area (Å²) in [5.74, 6) is 0. The van der Waals surface area contributed by atoms with Crippen LogP contribution in [0.25, 0.3) is 0 Å². The Morgan fingerprint density at radius 1 is 1.31 bits per heavy atom. The van der Waals surface area contributed by atoms with Gasteiger partial charge in [-0.15, -0.1) is 0 Å². The van der Waals surface area contributed by atoms with E-state index >= 15 is 0 Å². The predicted octanol–water partition coefficient (Wildman–Crippen LogP) is 0.497. The van der Waals surface area contributed by atoms with Crippen molar-refractivity contribution in [2.24, 2.45) is 5.14 Å². The van der Waals surface area contributed by atoms with Crippen molar-refractivity contribution in [3.8, 4) is 0 Å². The van der Waals surface area contributed by atoms with Crippen molar-refractivity contribution >= 4 is 10.0 Å². The molecule has 0 aliphatic heterocycles. The zero-order valence-corrected chi connectivity index (χ0v) is 9.87. The highest BCUT2D eigenvalue weighted by atomic mass is 32.2. The van der Waals surface area contributed by atoms with Gasteiger partial charge in [-0.25, -0.2) is 13.6 Å². The minimum Gasteiger partial charge on any atom is -0.382 e. The smallest absolute Gasteiger partial charge is 0.238 e. The first kappa shape index (κ1) is 13.1. The van der Waals surface area contributed by atoms with Crippen molar-refractivity contribution in [3.05, 3.63) is 29.8 Å². The van der Waals surface area contributed by atoms with Crippen LogP contribution in [0.15, 0.2) is 29.2 Å². The maximum absolute atomic E-state index is 11.1. The lowest BCUT2D eigenvalue weighted by Gasteiger charge is -2.05. The summed E-state index contributed by atoms with van der Waals surface area (Å²) in [6.45, 7) is 1.32. The van der Waals surface area contributed by atoms with Gasteiger partial charge in [0.05, 0.1) is 24.7 Å². The van der Waals surface area contributed by atoms with Gasteiger partial charge in [-0.2, -0.15) is 0 Å². The van der Waals surface area contributed by atoms with Crippen LogP contribution < -0.4 is 5.14 Å². The van der Waals surface area contributed by atoms with Crippen molar-refractivity contribution in [1.82, 2.24) is 0 Å². The van der Waals surface area contributed by atoms with Gasteiger partial charge in [-0.1, -0.05) is 12.1 Å². The zero-order valence-electron chi connectivity index (χ0n) is 9.05. The molecule has 0 aromatic heterocycles. The quantitative estimate of drug-likeness (QED) is 0.740. The van der Waals surface area contributed by atoms with Crippen LogP contribution in [-0.4, -0.2) is 28.7 Å². The van der Waals surface area contributed by atoms with E-state index in [2.05, 4.69) is 0 Å². The van der Waals surface area contributed by atoms with E-state index in [4.69, 9.17) is 14.6 Å². The molecule has 0 unspecified atom stereocenters. The standard InChI is InChI=1S/C10H15NO4S/c1-14-5-6-15-8-9-3-2-4-10(7-9)16(11,12)13/h2-4,7H,5-6,8H2,1H3,(H2,11,12,13). The SMILES string of the molecule is COCCOCc1cccc(S(N)(=O)=O)c1. The van der Waals surface area contributed by atoms with E-state index < -0.39 is 10.0 Å². The first-order valence-electron chi connectivity index (χ1n) is 4.72. The molecule has 16 heavy (non-hydrogen) atoms. The van der Waals surface area contributed by atoms with Crippen LogP contribution in [0, 0.1) is 0 Å². The second-order valence-electron chi connectivity index (χ2n) is 3.24. The van der Waals surface area contributed by atoms with Gasteiger partial charge in [0.1, 0.15) is 0 Å². The van der Waals surface area contributed by atoms with Crippen LogP contribution in [0.1, 0.15) is 5.56 Å². The number of rotatable bonds is 6. The molecule has 0 aliphatic carbocycles. The second-order valence-corrected chi connectivity index (χ2v) is 4.80. The number of nitrogens with two attached hydrogens (primary N) is 1. The molecule has 1 aromatic rings. The van der Waals surface area contributed by atoms with Crippen LogP contribution in [0.2, 0.25) is 0 Å². The van der Waals surface area contributed by atoms with Gasteiger partial charge < -0.3 is 9.47 Å². The van der Waals surface area contributed by atoms with Gasteiger partial charge in [0.2, 0.25) is 10.0 Å². The van der Waals surface area contributed by atoms with E-state index in [1.54, 1.807) is 19.2 Å². The summed E-state index contributed by atoms with van der Waals surface area (Å²) in [5, 5.41) is 5.01. The lowest BCUT2D eigenvalue weighted by Crippen LogP contribution is -2.12. The Kier molecular flexibility index (Phi) is 4.88. The lowest BCUT2D eigenvalue weighted by molar-refractivity contribution is 0.0616. The third kappa shape index (κ3) is 4.28. The maximum atomic E-state index is 11.1. The van der Waals surface area contributed by atoms with E-state index in [9.17, 15) is 8.42 Å². The molecule has 0 fully saturated rings. The Morgan fingerprint density at radius 3 is 2.69 bits per heavy atom. The number of ether oxygens (including phenoxy) is 2. The van der Waals surface area contributed by atoms with Gasteiger partial charge in [0.25, 0.3) is 0 Å². The van der Waals surface area contributed by atoms with Gasteiger partial charge in [-0.05, 0) is 17.7 Å². The van der Waals surface area contributed by atoms with Crippen LogP contribution in [0.5, 0.6) is 0 Å². The Morgan fingerprint density at radius 2 is 2.06 bits per heavy atom. The topological polar surface area (TPSA) is 78.6 Å². The Bertz CT molecular complexity index is 430. The summed E-state index contributed by atoms with van der Waals surface area (Å²) in [4.78, 5) is 0.0975. The molecule has 0 bridgehead atoms. The molecule has 90 valence electrons. The fourth-order valence-corrected chi connectivity index (χ4v) is 1.73. The molecule has 0 saturated heterocycles. The molecule has 0 aliphatic rings. The summed E-state index contributed by atoms with van der Waals surface area (Å²) in [6.07, 6.45) is 0. The van der Waals surface area contributed by atoms with E-state index in [0.29, 0.717) is 19.8 Å². The first-order chi connectivity index (χ1) is 7.54. The highest BCUT2D eigenvalue weighted by Crippen LogP contribution is 2.10. The number of hydrogen-bond donors (Lipinski definition) is 1. The highest BCUT2D eigenvalue weighted by Gasteiger charge is 2.07. The minimum atomic E-state index is -3.64. The fraction of sp³-hybridized carbons (Fsp3) is 0.400. The van der Waals surface area contributed by atoms with Crippen LogP contribution in [0.4, 0.5) is 0 Å². The molecule has 0 saturated carbocycles. The molecular weight excluding hydrogens is 230 g/mol. The summed E-state index contributed by atoms with van der Waals surface area (Å²) in [5.41, 5.74) is 0.766. The molecule has 0 amide bonds. The average Bonchev–Trinajstić information content (AvgIpc) is 2.24. The summed E-state index contributed by atoms with van der Waals surface area (Å²) < 4.78 is 32.2. The van der Waals surface area contributed by atoms with E-state index in [1.807, 2.05) is 0 Å². The normalized spacial score (nSPS) is 11.6. The largest absolute Gasteiger partial charge is 0.382 e. The van der Waals surface area contributed by atoms with Gasteiger partial charge in [0.15, 0.2) is 0 Å². The van der Waals surface area contributed by atoms with Gasteiger partial charge in [0, 0.05) is 7.11 Å².